The fourth-order valence-electron chi connectivity index (χ4n) is 1.09. The van der Waals surface area contributed by atoms with Crippen LogP contribution in [0.3, 0.4) is 0 Å². The summed E-state index contributed by atoms with van der Waals surface area (Å²) in [4.78, 5) is 22.7. The SMILES string of the molecule is C=C(C)C(=O)OCC(C)OCC(C)C(=O)OCC(C)O. The highest BCUT2D eigenvalue weighted by Crippen LogP contribution is 2.04. The lowest BCUT2D eigenvalue weighted by molar-refractivity contribution is -0.155. The van der Waals surface area contributed by atoms with Crippen molar-refractivity contribution in [2.24, 2.45) is 5.92 Å². The van der Waals surface area contributed by atoms with E-state index >= 15 is 0 Å². The normalized spacial score (nSPS) is 15.1. The van der Waals surface area contributed by atoms with Gasteiger partial charge in [0.05, 0.1) is 24.7 Å². The van der Waals surface area contributed by atoms with Gasteiger partial charge in [-0.25, -0.2) is 4.79 Å². The van der Waals surface area contributed by atoms with Gasteiger partial charge in [0.25, 0.3) is 0 Å². The van der Waals surface area contributed by atoms with E-state index in [1.807, 2.05) is 0 Å². The van der Waals surface area contributed by atoms with Crippen molar-refractivity contribution < 1.29 is 28.9 Å². The van der Waals surface area contributed by atoms with Crippen molar-refractivity contribution in [3.8, 4) is 0 Å². The van der Waals surface area contributed by atoms with E-state index in [9.17, 15) is 9.59 Å². The summed E-state index contributed by atoms with van der Waals surface area (Å²) in [6, 6.07) is 0. The van der Waals surface area contributed by atoms with Crippen LogP contribution < -0.4 is 0 Å². The van der Waals surface area contributed by atoms with Gasteiger partial charge in [0, 0.05) is 5.57 Å². The average molecular weight is 288 g/mol. The number of hydrogen-bond donors (Lipinski definition) is 1. The molecule has 0 fully saturated rings. The second-order valence-corrected chi connectivity index (χ2v) is 4.90. The first kappa shape index (κ1) is 18.6. The van der Waals surface area contributed by atoms with Gasteiger partial charge in [0.2, 0.25) is 0 Å². The molecule has 0 aliphatic carbocycles. The topological polar surface area (TPSA) is 82.1 Å². The Bertz CT molecular complexity index is 337. The number of aliphatic hydroxyl groups excluding tert-OH is 1. The van der Waals surface area contributed by atoms with E-state index in [0.717, 1.165) is 0 Å². The maximum absolute atomic E-state index is 11.5. The highest BCUT2D eigenvalue weighted by Gasteiger charge is 2.17. The molecule has 3 atom stereocenters. The summed E-state index contributed by atoms with van der Waals surface area (Å²) in [5, 5.41) is 9.00. The average Bonchev–Trinajstić information content (AvgIpc) is 2.38. The van der Waals surface area contributed by atoms with Crippen LogP contribution in [0.2, 0.25) is 0 Å². The van der Waals surface area contributed by atoms with E-state index in [0.29, 0.717) is 5.57 Å². The molecule has 0 aliphatic heterocycles. The van der Waals surface area contributed by atoms with Crippen molar-refractivity contribution in [3.05, 3.63) is 12.2 Å². The summed E-state index contributed by atoms with van der Waals surface area (Å²) in [5.41, 5.74) is 0.326. The van der Waals surface area contributed by atoms with E-state index in [2.05, 4.69) is 6.58 Å². The van der Waals surface area contributed by atoms with E-state index in [1.54, 1.807) is 20.8 Å². The molecule has 6 heteroatoms. The van der Waals surface area contributed by atoms with Gasteiger partial charge in [0.15, 0.2) is 0 Å². The molecule has 0 aliphatic rings. The molecule has 3 unspecified atom stereocenters. The van der Waals surface area contributed by atoms with Crippen LogP contribution in [0.25, 0.3) is 0 Å². The van der Waals surface area contributed by atoms with Crippen LogP contribution in [-0.2, 0) is 23.8 Å². The second kappa shape index (κ2) is 9.50. The fourth-order valence-corrected chi connectivity index (χ4v) is 1.09. The van der Waals surface area contributed by atoms with Gasteiger partial charge in [-0.15, -0.1) is 0 Å². The molecule has 0 radical (unpaired) electrons. The third-order valence-corrected chi connectivity index (χ3v) is 2.30. The van der Waals surface area contributed by atoms with Gasteiger partial charge >= 0.3 is 11.9 Å². The zero-order valence-electron chi connectivity index (χ0n) is 12.5. The Morgan fingerprint density at radius 2 is 1.70 bits per heavy atom. The smallest absolute Gasteiger partial charge is 0.333 e. The predicted molar refractivity (Wildman–Crippen MR) is 73.0 cm³/mol. The van der Waals surface area contributed by atoms with Crippen LogP contribution in [-0.4, -0.2) is 49.1 Å². The fraction of sp³-hybridized carbons (Fsp3) is 0.714. The quantitative estimate of drug-likeness (QED) is 0.505. The first-order valence-corrected chi connectivity index (χ1v) is 6.53. The summed E-state index contributed by atoms with van der Waals surface area (Å²) >= 11 is 0. The minimum atomic E-state index is -0.687. The lowest BCUT2D eigenvalue weighted by atomic mass is 10.2. The van der Waals surface area contributed by atoms with Crippen molar-refractivity contribution >= 4 is 11.9 Å². The van der Waals surface area contributed by atoms with Crippen LogP contribution in [0, 0.1) is 5.92 Å². The number of carbonyl (C=O) groups is 2. The van der Waals surface area contributed by atoms with Crippen LogP contribution in [0.4, 0.5) is 0 Å². The molecule has 0 saturated carbocycles. The highest BCUT2D eigenvalue weighted by atomic mass is 16.6. The van der Waals surface area contributed by atoms with Crippen LogP contribution >= 0.6 is 0 Å². The number of carbonyl (C=O) groups excluding carboxylic acids is 2. The molecule has 0 aromatic carbocycles. The number of esters is 2. The second-order valence-electron chi connectivity index (χ2n) is 4.90. The Balaban J connectivity index is 3.87. The standard InChI is InChI=1S/C14H24O6/c1-9(2)13(16)20-8-12(5)18-6-10(3)14(17)19-7-11(4)15/h10-12,15H,1,6-8H2,2-5H3. The van der Waals surface area contributed by atoms with E-state index in [1.165, 1.54) is 6.92 Å². The molecule has 116 valence electrons. The minimum Gasteiger partial charge on any atom is -0.463 e. The molecule has 20 heavy (non-hydrogen) atoms. The molecule has 0 bridgehead atoms. The first-order chi connectivity index (χ1) is 9.23. The van der Waals surface area contributed by atoms with Gasteiger partial charge in [-0.05, 0) is 27.7 Å². The molecular formula is C14H24O6. The zero-order valence-corrected chi connectivity index (χ0v) is 12.5. The molecule has 0 amide bonds. The van der Waals surface area contributed by atoms with E-state index in [-0.39, 0.29) is 25.9 Å². The third-order valence-electron chi connectivity index (χ3n) is 2.30. The van der Waals surface area contributed by atoms with E-state index in [4.69, 9.17) is 19.3 Å². The molecule has 1 N–H and O–H groups in total. The Kier molecular flexibility index (Phi) is 8.83. The Hall–Kier alpha value is -1.40. The van der Waals surface area contributed by atoms with Crippen LogP contribution in [0.15, 0.2) is 12.2 Å². The van der Waals surface area contributed by atoms with Crippen molar-refractivity contribution in [3.63, 3.8) is 0 Å². The summed E-state index contributed by atoms with van der Waals surface area (Å²) in [5.74, 6) is -1.35. The summed E-state index contributed by atoms with van der Waals surface area (Å²) < 4.78 is 15.2. The summed E-state index contributed by atoms with van der Waals surface area (Å²) in [6.07, 6.45) is -1.02. The number of rotatable bonds is 9. The lowest BCUT2D eigenvalue weighted by Crippen LogP contribution is -2.27. The maximum atomic E-state index is 11.5. The maximum Gasteiger partial charge on any atom is 0.333 e. The number of ether oxygens (including phenoxy) is 3. The molecular weight excluding hydrogens is 264 g/mol. The van der Waals surface area contributed by atoms with Crippen molar-refractivity contribution in [2.75, 3.05) is 19.8 Å². The van der Waals surface area contributed by atoms with E-state index < -0.39 is 24.0 Å². The van der Waals surface area contributed by atoms with Crippen LogP contribution in [0.5, 0.6) is 0 Å². The monoisotopic (exact) mass is 288 g/mol. The zero-order chi connectivity index (χ0) is 15.7. The molecule has 0 aromatic heterocycles. The summed E-state index contributed by atoms with van der Waals surface area (Å²) in [6.45, 7) is 10.2. The summed E-state index contributed by atoms with van der Waals surface area (Å²) in [7, 11) is 0. The molecule has 0 saturated heterocycles. The first-order valence-electron chi connectivity index (χ1n) is 6.53. The van der Waals surface area contributed by atoms with Gasteiger partial charge < -0.3 is 19.3 Å². The number of aliphatic hydroxyl groups is 1. The molecule has 6 nitrogen and oxygen atoms in total. The van der Waals surface area contributed by atoms with Gasteiger partial charge in [-0.1, -0.05) is 6.58 Å². The van der Waals surface area contributed by atoms with Crippen molar-refractivity contribution in [1.29, 1.82) is 0 Å². The Morgan fingerprint density at radius 1 is 1.10 bits per heavy atom. The van der Waals surface area contributed by atoms with Crippen LogP contribution in [0.1, 0.15) is 27.7 Å². The molecule has 0 aromatic rings. The van der Waals surface area contributed by atoms with Gasteiger partial charge in [0.1, 0.15) is 13.2 Å². The Morgan fingerprint density at radius 3 is 2.20 bits per heavy atom. The predicted octanol–water partition coefficient (Wildman–Crippen LogP) is 1.07. The largest absolute Gasteiger partial charge is 0.463 e. The van der Waals surface area contributed by atoms with Gasteiger partial charge in [-0.3, -0.25) is 4.79 Å². The Labute approximate surface area is 119 Å². The minimum absolute atomic E-state index is 0.0328. The molecule has 0 rings (SSSR count). The van der Waals surface area contributed by atoms with Crippen molar-refractivity contribution in [1.82, 2.24) is 0 Å². The van der Waals surface area contributed by atoms with Gasteiger partial charge in [-0.2, -0.15) is 0 Å². The molecule has 0 spiro atoms. The number of hydrogen-bond acceptors (Lipinski definition) is 6. The third kappa shape index (κ3) is 8.66. The molecule has 0 heterocycles. The lowest BCUT2D eigenvalue weighted by Gasteiger charge is -2.17. The highest BCUT2D eigenvalue weighted by molar-refractivity contribution is 5.86. The van der Waals surface area contributed by atoms with Crippen molar-refractivity contribution in [2.45, 2.75) is 39.9 Å².